The molecule has 1 aromatic heterocycles. The molecule has 1 heterocycles. The van der Waals surface area contributed by atoms with E-state index in [-0.39, 0.29) is 23.8 Å². The lowest BCUT2D eigenvalue weighted by atomic mass is 9.76. The van der Waals surface area contributed by atoms with Crippen LogP contribution in [0.1, 0.15) is 46.7 Å². The number of carbonyl (C=O) groups is 2. The van der Waals surface area contributed by atoms with Crippen molar-refractivity contribution in [1.82, 2.24) is 9.78 Å². The minimum atomic E-state index is -0.344. The number of hydrogen-bond donors (Lipinski definition) is 0. The number of fused-ring (bicyclic) bond motifs is 1. The third-order valence-electron chi connectivity index (χ3n) is 4.08. The zero-order chi connectivity index (χ0) is 16.4. The van der Waals surface area contributed by atoms with Gasteiger partial charge < -0.3 is 4.74 Å². The van der Waals surface area contributed by atoms with Crippen LogP contribution in [-0.4, -0.2) is 28.1 Å². The predicted molar refractivity (Wildman–Crippen MR) is 85.4 cm³/mol. The maximum atomic E-state index is 12.1. The van der Waals surface area contributed by atoms with E-state index in [0.717, 1.165) is 12.1 Å². The lowest BCUT2D eigenvalue weighted by molar-refractivity contribution is 0.0485. The third-order valence-corrected chi connectivity index (χ3v) is 4.08. The molecule has 120 valence electrons. The van der Waals surface area contributed by atoms with Crippen LogP contribution in [0.3, 0.4) is 0 Å². The van der Waals surface area contributed by atoms with E-state index in [1.807, 2.05) is 6.07 Å². The average molecular weight is 312 g/mol. The minimum Gasteiger partial charge on any atom is -0.460 e. The first kappa shape index (κ1) is 15.5. The number of aromatic nitrogens is 2. The van der Waals surface area contributed by atoms with Crippen molar-refractivity contribution in [3.63, 3.8) is 0 Å². The van der Waals surface area contributed by atoms with Gasteiger partial charge in [0, 0.05) is 12.1 Å². The molecule has 1 aromatic carbocycles. The van der Waals surface area contributed by atoms with E-state index >= 15 is 0 Å². The Hall–Kier alpha value is -2.43. The molecule has 5 nitrogen and oxygen atoms in total. The van der Waals surface area contributed by atoms with Gasteiger partial charge in [-0.15, -0.1) is 0 Å². The van der Waals surface area contributed by atoms with Crippen LogP contribution in [0.15, 0.2) is 36.5 Å². The van der Waals surface area contributed by atoms with Crippen LogP contribution in [0.4, 0.5) is 0 Å². The highest BCUT2D eigenvalue weighted by atomic mass is 16.5. The second kappa shape index (κ2) is 5.99. The van der Waals surface area contributed by atoms with Crippen LogP contribution >= 0.6 is 0 Å². The first-order chi connectivity index (χ1) is 11.0. The lowest BCUT2D eigenvalue weighted by Gasteiger charge is -2.28. The predicted octanol–water partition coefficient (Wildman–Crippen LogP) is 2.90. The quantitative estimate of drug-likeness (QED) is 0.814. The van der Waals surface area contributed by atoms with E-state index in [0.29, 0.717) is 24.1 Å². The molecular formula is C18H20N2O3. The SMILES string of the molecule is CC1(C)CC(=O)c2cnn(CCOC(=O)c3ccccc3)c2C1. The highest BCUT2D eigenvalue weighted by Crippen LogP contribution is 2.34. The van der Waals surface area contributed by atoms with Crippen molar-refractivity contribution in [2.45, 2.75) is 33.2 Å². The number of ether oxygens (including phenoxy) is 1. The average Bonchev–Trinajstić information content (AvgIpc) is 2.90. The molecule has 1 aliphatic rings. The summed E-state index contributed by atoms with van der Waals surface area (Å²) in [5.74, 6) is -0.202. The minimum absolute atomic E-state index is 0.0530. The Kier molecular flexibility index (Phi) is 4.03. The molecule has 23 heavy (non-hydrogen) atoms. The van der Waals surface area contributed by atoms with Crippen LogP contribution in [0.5, 0.6) is 0 Å². The highest BCUT2D eigenvalue weighted by Gasteiger charge is 2.33. The first-order valence-electron chi connectivity index (χ1n) is 7.76. The molecule has 0 amide bonds. The normalized spacial score (nSPS) is 16.0. The van der Waals surface area contributed by atoms with Crippen LogP contribution in [0.25, 0.3) is 0 Å². The summed E-state index contributed by atoms with van der Waals surface area (Å²) in [4.78, 5) is 24.1. The summed E-state index contributed by atoms with van der Waals surface area (Å²) in [6.45, 7) is 4.86. The molecule has 0 bridgehead atoms. The summed E-state index contributed by atoms with van der Waals surface area (Å²) in [5.41, 5.74) is 2.13. The Morgan fingerprint density at radius 1 is 1.26 bits per heavy atom. The van der Waals surface area contributed by atoms with E-state index < -0.39 is 0 Å². The molecule has 0 saturated heterocycles. The van der Waals surface area contributed by atoms with E-state index in [9.17, 15) is 9.59 Å². The van der Waals surface area contributed by atoms with Gasteiger partial charge in [0.2, 0.25) is 0 Å². The second-order valence-electron chi connectivity index (χ2n) is 6.67. The van der Waals surface area contributed by atoms with Crippen molar-refractivity contribution in [1.29, 1.82) is 0 Å². The van der Waals surface area contributed by atoms with Crippen molar-refractivity contribution in [3.05, 3.63) is 53.3 Å². The number of Topliss-reactive ketones (excluding diaryl/α,β-unsaturated/α-hetero) is 1. The van der Waals surface area contributed by atoms with Gasteiger partial charge in [-0.25, -0.2) is 4.79 Å². The zero-order valence-electron chi connectivity index (χ0n) is 13.4. The molecule has 0 unspecified atom stereocenters. The summed E-state index contributed by atoms with van der Waals surface area (Å²) in [6.07, 6.45) is 2.99. The van der Waals surface area contributed by atoms with Crippen molar-refractivity contribution in [3.8, 4) is 0 Å². The summed E-state index contributed by atoms with van der Waals surface area (Å²) >= 11 is 0. The summed E-state index contributed by atoms with van der Waals surface area (Å²) < 4.78 is 7.07. The van der Waals surface area contributed by atoms with Gasteiger partial charge in [0.15, 0.2) is 5.78 Å². The summed E-state index contributed by atoms with van der Waals surface area (Å²) in [6, 6.07) is 8.90. The molecule has 2 aromatic rings. The van der Waals surface area contributed by atoms with E-state index in [1.165, 1.54) is 0 Å². The number of benzene rings is 1. The van der Waals surface area contributed by atoms with Gasteiger partial charge >= 0.3 is 5.97 Å². The molecule has 3 rings (SSSR count). The van der Waals surface area contributed by atoms with Gasteiger partial charge in [0.05, 0.1) is 23.9 Å². The Balaban J connectivity index is 1.64. The molecule has 1 aliphatic carbocycles. The molecule has 0 aliphatic heterocycles. The molecule has 5 heteroatoms. The van der Waals surface area contributed by atoms with Crippen molar-refractivity contribution < 1.29 is 14.3 Å². The van der Waals surface area contributed by atoms with Gasteiger partial charge in [-0.2, -0.15) is 5.10 Å². The fraction of sp³-hybridized carbons (Fsp3) is 0.389. The van der Waals surface area contributed by atoms with Crippen LogP contribution in [0, 0.1) is 5.41 Å². The number of hydrogen-bond acceptors (Lipinski definition) is 4. The van der Waals surface area contributed by atoms with Gasteiger partial charge in [-0.3, -0.25) is 9.48 Å². The Morgan fingerprint density at radius 3 is 2.74 bits per heavy atom. The molecule has 0 saturated carbocycles. The van der Waals surface area contributed by atoms with Crippen molar-refractivity contribution in [2.75, 3.05) is 6.61 Å². The van der Waals surface area contributed by atoms with Gasteiger partial charge in [-0.1, -0.05) is 32.0 Å². The second-order valence-corrected chi connectivity index (χ2v) is 6.67. The molecular weight excluding hydrogens is 292 g/mol. The maximum absolute atomic E-state index is 12.1. The van der Waals surface area contributed by atoms with Crippen molar-refractivity contribution in [2.24, 2.45) is 5.41 Å². The number of nitrogens with zero attached hydrogens (tertiary/aromatic N) is 2. The first-order valence-corrected chi connectivity index (χ1v) is 7.76. The van der Waals surface area contributed by atoms with Gasteiger partial charge in [-0.05, 0) is 24.0 Å². The summed E-state index contributed by atoms with van der Waals surface area (Å²) in [5, 5.41) is 4.29. The Labute approximate surface area is 135 Å². The lowest BCUT2D eigenvalue weighted by Crippen LogP contribution is -2.28. The van der Waals surface area contributed by atoms with Crippen LogP contribution < -0.4 is 0 Å². The van der Waals surface area contributed by atoms with Crippen LogP contribution in [0.2, 0.25) is 0 Å². The fourth-order valence-electron chi connectivity index (χ4n) is 2.95. The van der Waals surface area contributed by atoms with Gasteiger partial charge in [0.25, 0.3) is 0 Å². The molecule has 0 spiro atoms. The molecule has 0 fully saturated rings. The molecule has 0 N–H and O–H groups in total. The number of ketones is 1. The van der Waals surface area contributed by atoms with E-state index in [2.05, 4.69) is 18.9 Å². The topological polar surface area (TPSA) is 61.2 Å². The smallest absolute Gasteiger partial charge is 0.338 e. The fourth-order valence-corrected chi connectivity index (χ4v) is 2.95. The molecule has 0 radical (unpaired) electrons. The van der Waals surface area contributed by atoms with E-state index in [1.54, 1.807) is 35.1 Å². The third kappa shape index (κ3) is 3.33. The van der Waals surface area contributed by atoms with Crippen molar-refractivity contribution >= 4 is 11.8 Å². The monoisotopic (exact) mass is 312 g/mol. The Bertz CT molecular complexity index is 732. The van der Waals surface area contributed by atoms with Gasteiger partial charge in [0.1, 0.15) is 6.61 Å². The Morgan fingerprint density at radius 2 is 2.00 bits per heavy atom. The largest absolute Gasteiger partial charge is 0.460 e. The number of rotatable bonds is 4. The van der Waals surface area contributed by atoms with Crippen LogP contribution in [-0.2, 0) is 17.7 Å². The summed E-state index contributed by atoms with van der Waals surface area (Å²) in [7, 11) is 0. The number of esters is 1. The molecule has 0 atom stereocenters. The number of carbonyl (C=O) groups excluding carboxylic acids is 2. The van der Waals surface area contributed by atoms with E-state index in [4.69, 9.17) is 4.74 Å². The highest BCUT2D eigenvalue weighted by molar-refractivity contribution is 5.98. The zero-order valence-corrected chi connectivity index (χ0v) is 13.4. The standard InChI is InChI=1S/C18H20N2O3/c1-18(2)10-15-14(16(21)11-18)12-19-20(15)8-9-23-17(22)13-6-4-3-5-7-13/h3-7,12H,8-11H2,1-2H3. The maximum Gasteiger partial charge on any atom is 0.338 e.